The molecule has 1 aromatic carbocycles. The van der Waals surface area contributed by atoms with Crippen molar-refractivity contribution >= 4 is 11.8 Å². The number of halogens is 3. The Morgan fingerprint density at radius 2 is 2.05 bits per heavy atom. The van der Waals surface area contributed by atoms with Crippen LogP contribution in [0.4, 0.5) is 13.2 Å². The predicted octanol–water partition coefficient (Wildman–Crippen LogP) is 1.03. The van der Waals surface area contributed by atoms with Gasteiger partial charge in [0.05, 0.1) is 6.04 Å². The van der Waals surface area contributed by atoms with Crippen LogP contribution in [0.25, 0.3) is 0 Å². The number of ether oxygens (including phenoxy) is 1. The molecule has 0 saturated carbocycles. The van der Waals surface area contributed by atoms with Crippen molar-refractivity contribution in [1.29, 1.82) is 0 Å². The van der Waals surface area contributed by atoms with Crippen molar-refractivity contribution < 1.29 is 27.5 Å². The maximum atomic E-state index is 12.2. The average Bonchev–Trinajstić information content (AvgIpc) is 2.44. The van der Waals surface area contributed by atoms with E-state index in [1.807, 2.05) is 5.32 Å². The first-order valence-corrected chi connectivity index (χ1v) is 6.17. The zero-order valence-electron chi connectivity index (χ0n) is 11.1. The normalized spacial score (nSPS) is 17.4. The van der Waals surface area contributed by atoms with E-state index in [2.05, 4.69) is 5.32 Å². The van der Waals surface area contributed by atoms with Crippen LogP contribution in [0, 0.1) is 0 Å². The molecule has 1 aliphatic rings. The second kappa shape index (κ2) is 5.63. The fourth-order valence-electron chi connectivity index (χ4n) is 2.11. The van der Waals surface area contributed by atoms with Crippen molar-refractivity contribution in [2.45, 2.75) is 18.6 Å². The number of carbonyl (C=O) groups excluding carboxylic acids is 2. The summed E-state index contributed by atoms with van der Waals surface area (Å²) >= 11 is 0. The number of hydrogen-bond acceptors (Lipinski definition) is 3. The van der Waals surface area contributed by atoms with Gasteiger partial charge in [0.2, 0.25) is 0 Å². The van der Waals surface area contributed by atoms with Crippen molar-refractivity contribution in [3.05, 3.63) is 29.3 Å². The summed E-state index contributed by atoms with van der Waals surface area (Å²) in [5, 5.41) is 4.31. The van der Waals surface area contributed by atoms with Crippen LogP contribution in [0.3, 0.4) is 0 Å². The van der Waals surface area contributed by atoms with E-state index >= 15 is 0 Å². The van der Waals surface area contributed by atoms with Crippen molar-refractivity contribution in [2.24, 2.45) is 0 Å². The third-order valence-electron chi connectivity index (χ3n) is 3.09. The average molecular weight is 302 g/mol. The Balaban J connectivity index is 2.19. The van der Waals surface area contributed by atoms with Gasteiger partial charge in [-0.15, -0.1) is 0 Å². The second-order valence-corrected chi connectivity index (χ2v) is 4.54. The zero-order valence-corrected chi connectivity index (χ0v) is 11.1. The van der Waals surface area contributed by atoms with E-state index < -0.39 is 18.1 Å². The van der Waals surface area contributed by atoms with E-state index in [0.29, 0.717) is 16.9 Å². The lowest BCUT2D eigenvalue weighted by Crippen LogP contribution is -2.48. The van der Waals surface area contributed by atoms with Gasteiger partial charge in [-0.3, -0.25) is 9.59 Å². The fraction of sp³-hybridized carbons (Fsp3) is 0.385. The molecule has 2 amide bonds. The van der Waals surface area contributed by atoms with Gasteiger partial charge in [0.1, 0.15) is 12.4 Å². The summed E-state index contributed by atoms with van der Waals surface area (Å²) < 4.78 is 42.1. The van der Waals surface area contributed by atoms with Gasteiger partial charge in [-0.1, -0.05) is 6.07 Å². The number of benzene rings is 1. The molecule has 1 heterocycles. The first-order valence-electron chi connectivity index (χ1n) is 6.17. The highest BCUT2D eigenvalue weighted by Crippen LogP contribution is 2.28. The molecular formula is C13H13F3N2O3. The number of carbonyl (C=O) groups is 2. The molecule has 0 unspecified atom stereocenters. The van der Waals surface area contributed by atoms with E-state index in [-0.39, 0.29) is 18.9 Å². The van der Waals surface area contributed by atoms with Crippen LogP contribution < -0.4 is 15.4 Å². The minimum Gasteiger partial charge on any atom is -0.491 e. The molecule has 1 atom stereocenters. The maximum Gasteiger partial charge on any atom is 0.471 e. The van der Waals surface area contributed by atoms with Gasteiger partial charge in [0.25, 0.3) is 5.91 Å². The van der Waals surface area contributed by atoms with E-state index in [9.17, 15) is 22.8 Å². The van der Waals surface area contributed by atoms with Gasteiger partial charge in [0, 0.05) is 24.6 Å². The first-order chi connectivity index (χ1) is 9.82. The molecule has 0 fully saturated rings. The van der Waals surface area contributed by atoms with Crippen LogP contribution >= 0.6 is 0 Å². The Bertz CT molecular complexity index is 572. The van der Waals surface area contributed by atoms with E-state index in [1.54, 1.807) is 18.2 Å². The molecule has 114 valence electrons. The van der Waals surface area contributed by atoms with Crippen LogP contribution in [0.5, 0.6) is 5.75 Å². The zero-order chi connectivity index (χ0) is 15.6. The highest BCUT2D eigenvalue weighted by Gasteiger charge is 2.40. The largest absolute Gasteiger partial charge is 0.491 e. The summed E-state index contributed by atoms with van der Waals surface area (Å²) in [5.74, 6) is -1.94. The maximum absolute atomic E-state index is 12.2. The van der Waals surface area contributed by atoms with Gasteiger partial charge < -0.3 is 15.4 Å². The standard InChI is InChI=1S/C13H13F3N2O3/c1-17-11(19)8-3-2-4-10-9(8)5-7(6-21-10)18-12(20)13(14,15)16/h2-4,7H,5-6H2,1H3,(H,17,19)(H,18,20)/t7-/m1/s1. The third-order valence-corrected chi connectivity index (χ3v) is 3.09. The van der Waals surface area contributed by atoms with Gasteiger partial charge in [-0.2, -0.15) is 13.2 Å². The summed E-state index contributed by atoms with van der Waals surface area (Å²) in [6, 6.07) is 3.97. The number of alkyl halides is 3. The molecule has 0 aromatic heterocycles. The van der Waals surface area contributed by atoms with E-state index in [0.717, 1.165) is 0 Å². The number of nitrogens with one attached hydrogen (secondary N) is 2. The van der Waals surface area contributed by atoms with Crippen molar-refractivity contribution in [3.8, 4) is 5.75 Å². The van der Waals surface area contributed by atoms with Gasteiger partial charge >= 0.3 is 12.1 Å². The molecule has 21 heavy (non-hydrogen) atoms. The van der Waals surface area contributed by atoms with Crippen LogP contribution in [0.1, 0.15) is 15.9 Å². The molecule has 0 spiro atoms. The monoisotopic (exact) mass is 302 g/mol. The minimum atomic E-state index is -4.94. The molecule has 1 aliphatic heterocycles. The number of rotatable bonds is 2. The SMILES string of the molecule is CNC(=O)c1cccc2c1C[C@@H](NC(=O)C(F)(F)F)CO2. The molecule has 0 bridgehead atoms. The highest BCUT2D eigenvalue weighted by atomic mass is 19.4. The Morgan fingerprint density at radius 1 is 1.33 bits per heavy atom. The minimum absolute atomic E-state index is 0.0774. The summed E-state index contributed by atoms with van der Waals surface area (Å²) in [5.41, 5.74) is 0.802. The molecule has 0 aliphatic carbocycles. The Labute approximate surface area is 118 Å². The van der Waals surface area contributed by atoms with Crippen molar-refractivity contribution in [3.63, 3.8) is 0 Å². The van der Waals surface area contributed by atoms with E-state index in [4.69, 9.17) is 4.74 Å². The van der Waals surface area contributed by atoms with Crippen LogP contribution in [-0.4, -0.2) is 37.7 Å². The summed E-state index contributed by atoms with van der Waals surface area (Å²) in [6.45, 7) is -0.0774. The summed E-state index contributed by atoms with van der Waals surface area (Å²) in [7, 11) is 1.45. The van der Waals surface area contributed by atoms with Crippen molar-refractivity contribution in [2.75, 3.05) is 13.7 Å². The van der Waals surface area contributed by atoms with Gasteiger partial charge in [-0.05, 0) is 12.1 Å². The fourth-order valence-corrected chi connectivity index (χ4v) is 2.11. The first kappa shape index (κ1) is 15.1. The van der Waals surface area contributed by atoms with Crippen LogP contribution in [-0.2, 0) is 11.2 Å². The summed E-state index contributed by atoms with van der Waals surface area (Å²) in [6.07, 6.45) is -4.85. The Kier molecular flexibility index (Phi) is 4.06. The van der Waals surface area contributed by atoms with Crippen LogP contribution in [0.2, 0.25) is 0 Å². The summed E-state index contributed by atoms with van der Waals surface area (Å²) in [4.78, 5) is 22.7. The molecule has 0 radical (unpaired) electrons. The Morgan fingerprint density at radius 3 is 2.67 bits per heavy atom. The predicted molar refractivity (Wildman–Crippen MR) is 67.0 cm³/mol. The lowest BCUT2D eigenvalue weighted by atomic mass is 9.96. The molecule has 5 nitrogen and oxygen atoms in total. The van der Waals surface area contributed by atoms with Gasteiger partial charge in [0.15, 0.2) is 0 Å². The molecule has 0 saturated heterocycles. The molecule has 2 N–H and O–H groups in total. The second-order valence-electron chi connectivity index (χ2n) is 4.54. The smallest absolute Gasteiger partial charge is 0.471 e. The molecule has 8 heteroatoms. The lowest BCUT2D eigenvalue weighted by molar-refractivity contribution is -0.174. The molecule has 2 rings (SSSR count). The highest BCUT2D eigenvalue weighted by molar-refractivity contribution is 5.96. The lowest BCUT2D eigenvalue weighted by Gasteiger charge is -2.27. The number of hydrogen-bond donors (Lipinski definition) is 2. The Hall–Kier alpha value is -2.25. The molecular weight excluding hydrogens is 289 g/mol. The van der Waals surface area contributed by atoms with Crippen molar-refractivity contribution in [1.82, 2.24) is 10.6 Å². The van der Waals surface area contributed by atoms with Crippen LogP contribution in [0.15, 0.2) is 18.2 Å². The quantitative estimate of drug-likeness (QED) is 0.857. The number of fused-ring (bicyclic) bond motifs is 1. The molecule has 1 aromatic rings. The third kappa shape index (κ3) is 3.26. The number of amides is 2. The van der Waals surface area contributed by atoms with E-state index in [1.165, 1.54) is 7.05 Å². The topological polar surface area (TPSA) is 67.4 Å². The van der Waals surface area contributed by atoms with Gasteiger partial charge in [-0.25, -0.2) is 0 Å².